The van der Waals surface area contributed by atoms with Crippen molar-refractivity contribution >= 4 is 18.0 Å². The molecule has 46 heavy (non-hydrogen) atoms. The molecule has 4 aromatic rings. The normalized spacial score (nSPS) is 14.9. The number of carbonyl (C=O) groups excluding carboxylic acids is 3. The summed E-state index contributed by atoms with van der Waals surface area (Å²) < 4.78 is 11.1. The molecule has 6 rings (SSSR count). The number of benzene rings is 2. The van der Waals surface area contributed by atoms with Crippen LogP contribution in [0.5, 0.6) is 11.8 Å². The lowest BCUT2D eigenvalue weighted by atomic mass is 10.0. The Bertz CT molecular complexity index is 1540. The van der Waals surface area contributed by atoms with E-state index in [2.05, 4.69) is 9.97 Å². The maximum absolute atomic E-state index is 12.9. The molecule has 0 saturated carbocycles. The Morgan fingerprint density at radius 3 is 1.33 bits per heavy atom. The molecule has 2 aliphatic heterocycles. The molecule has 2 amide bonds. The Morgan fingerprint density at radius 1 is 0.543 bits per heavy atom. The van der Waals surface area contributed by atoms with Gasteiger partial charge in [-0.25, -0.2) is 14.8 Å². The van der Waals surface area contributed by atoms with Crippen molar-refractivity contribution in [3.05, 3.63) is 119 Å². The summed E-state index contributed by atoms with van der Waals surface area (Å²) in [6.45, 7) is 3.23. The minimum Gasteiger partial charge on any atom is -0.375 e. The number of hydrogen-bond donors (Lipinski definition) is 0. The fraction of sp³-hybridized carbons (Fsp3) is 0.324. The molecule has 2 fully saturated rings. The third-order valence-corrected chi connectivity index (χ3v) is 8.54. The van der Waals surface area contributed by atoms with E-state index in [1.807, 2.05) is 70.5 Å². The van der Waals surface area contributed by atoms with Crippen molar-refractivity contribution in [2.24, 2.45) is 0 Å². The van der Waals surface area contributed by atoms with Crippen LogP contribution in [-0.4, -0.2) is 63.9 Å². The Labute approximate surface area is 269 Å². The van der Waals surface area contributed by atoms with Crippen molar-refractivity contribution in [3.63, 3.8) is 0 Å². The smallest absolute Gasteiger partial charge is 0.375 e. The van der Waals surface area contributed by atoms with Crippen LogP contribution in [0, 0.1) is 0 Å². The van der Waals surface area contributed by atoms with Crippen molar-refractivity contribution in [2.45, 2.75) is 51.4 Å². The second-order valence-electron chi connectivity index (χ2n) is 11.8. The van der Waals surface area contributed by atoms with Gasteiger partial charge in [-0.15, -0.1) is 0 Å². The Morgan fingerprint density at radius 2 is 0.935 bits per heavy atom. The number of nitrogens with zero attached hydrogens (tertiary/aromatic N) is 4. The van der Waals surface area contributed by atoms with E-state index in [0.29, 0.717) is 35.1 Å². The van der Waals surface area contributed by atoms with Gasteiger partial charge >= 0.3 is 6.16 Å². The highest BCUT2D eigenvalue weighted by Gasteiger charge is 2.20. The predicted molar refractivity (Wildman–Crippen MR) is 173 cm³/mol. The number of pyridine rings is 2. The summed E-state index contributed by atoms with van der Waals surface area (Å²) in [6, 6.07) is 22.3. The summed E-state index contributed by atoms with van der Waals surface area (Å²) in [5.74, 6) is 0.418. The lowest BCUT2D eigenvalue weighted by molar-refractivity contribution is 0.0717. The zero-order chi connectivity index (χ0) is 31.7. The molecule has 0 spiro atoms. The van der Waals surface area contributed by atoms with E-state index in [1.165, 1.54) is 12.8 Å². The summed E-state index contributed by atoms with van der Waals surface area (Å²) in [4.78, 5) is 51.0. The topological polar surface area (TPSA) is 102 Å². The molecule has 0 bridgehead atoms. The number of aromatic nitrogens is 2. The average Bonchev–Trinajstić information content (AvgIpc) is 3.11. The molecular weight excluding hydrogens is 580 g/mol. The molecule has 2 aliphatic rings. The van der Waals surface area contributed by atoms with Crippen LogP contribution in [-0.2, 0) is 12.8 Å². The summed E-state index contributed by atoms with van der Waals surface area (Å²) in [5, 5.41) is 0. The number of ether oxygens (including phenoxy) is 2. The molecule has 9 nitrogen and oxygen atoms in total. The first kappa shape index (κ1) is 31.0. The van der Waals surface area contributed by atoms with Gasteiger partial charge in [0.2, 0.25) is 11.8 Å². The van der Waals surface area contributed by atoms with Crippen LogP contribution in [0.3, 0.4) is 0 Å². The van der Waals surface area contributed by atoms with Gasteiger partial charge in [0.05, 0.1) is 0 Å². The molecule has 0 unspecified atom stereocenters. The largest absolute Gasteiger partial charge is 0.522 e. The number of likely N-dealkylation sites (tertiary alicyclic amines) is 2. The van der Waals surface area contributed by atoms with Crippen molar-refractivity contribution in [1.82, 2.24) is 19.8 Å². The van der Waals surface area contributed by atoms with E-state index in [9.17, 15) is 14.4 Å². The third-order valence-electron chi connectivity index (χ3n) is 8.54. The number of carbonyl (C=O) groups is 3. The highest BCUT2D eigenvalue weighted by molar-refractivity contribution is 5.94. The molecule has 2 aromatic heterocycles. The molecule has 2 saturated heterocycles. The molecule has 0 aliphatic carbocycles. The minimum atomic E-state index is -0.940. The maximum atomic E-state index is 12.9. The zero-order valence-electron chi connectivity index (χ0n) is 25.9. The van der Waals surface area contributed by atoms with E-state index >= 15 is 0 Å². The van der Waals surface area contributed by atoms with Gasteiger partial charge in [0.25, 0.3) is 11.8 Å². The first-order chi connectivity index (χ1) is 22.5. The second-order valence-corrected chi connectivity index (χ2v) is 11.8. The van der Waals surface area contributed by atoms with E-state index in [0.717, 1.165) is 63.0 Å². The summed E-state index contributed by atoms with van der Waals surface area (Å²) in [5.41, 5.74) is 4.66. The van der Waals surface area contributed by atoms with Gasteiger partial charge in [-0.2, -0.15) is 0 Å². The van der Waals surface area contributed by atoms with Crippen LogP contribution in [0.15, 0.2) is 85.2 Å². The molecule has 0 radical (unpaired) electrons. The Balaban J connectivity index is 1.07. The number of hydrogen-bond acceptors (Lipinski definition) is 7. The number of piperidine rings is 2. The van der Waals surface area contributed by atoms with Crippen LogP contribution in [0.25, 0.3) is 0 Å². The first-order valence-corrected chi connectivity index (χ1v) is 16.1. The summed E-state index contributed by atoms with van der Waals surface area (Å²) in [7, 11) is 0. The Hall–Kier alpha value is -5.05. The fourth-order valence-electron chi connectivity index (χ4n) is 6.01. The monoisotopic (exact) mass is 618 g/mol. The van der Waals surface area contributed by atoms with Gasteiger partial charge in [0, 0.05) is 73.7 Å². The zero-order valence-corrected chi connectivity index (χ0v) is 25.9. The van der Waals surface area contributed by atoms with Crippen LogP contribution in [0.4, 0.5) is 4.79 Å². The van der Waals surface area contributed by atoms with E-state index in [1.54, 1.807) is 24.5 Å². The standard InChI is InChI=1S/C37H38N4O5/c42-35(40-21-3-1-4-22-40)29-15-11-27(12-16-29)25-31-9-7-19-38-33(31)45-37(44)46-34-32(10-8-20-39-34)26-28-13-17-30(18-14-28)36(43)41-23-5-2-6-24-41/h7-20H,1-6,21-26H2. The van der Waals surface area contributed by atoms with Gasteiger partial charge in [-0.1, -0.05) is 36.4 Å². The first-order valence-electron chi connectivity index (χ1n) is 16.1. The van der Waals surface area contributed by atoms with Crippen molar-refractivity contribution in [3.8, 4) is 11.8 Å². The van der Waals surface area contributed by atoms with Crippen molar-refractivity contribution in [1.29, 1.82) is 0 Å². The maximum Gasteiger partial charge on any atom is 0.522 e. The van der Waals surface area contributed by atoms with Gasteiger partial charge < -0.3 is 19.3 Å². The second kappa shape index (κ2) is 14.8. The lowest BCUT2D eigenvalue weighted by Gasteiger charge is -2.26. The van der Waals surface area contributed by atoms with E-state index in [-0.39, 0.29) is 23.6 Å². The molecule has 9 heteroatoms. The Kier molecular flexibility index (Phi) is 9.97. The quantitative estimate of drug-likeness (QED) is 0.208. The van der Waals surface area contributed by atoms with E-state index < -0.39 is 6.16 Å². The van der Waals surface area contributed by atoms with Gasteiger partial charge in [-0.05, 0) is 86.1 Å². The highest BCUT2D eigenvalue weighted by Crippen LogP contribution is 2.24. The highest BCUT2D eigenvalue weighted by atomic mass is 16.7. The van der Waals surface area contributed by atoms with E-state index in [4.69, 9.17) is 9.47 Å². The third kappa shape index (κ3) is 7.77. The lowest BCUT2D eigenvalue weighted by Crippen LogP contribution is -2.35. The van der Waals surface area contributed by atoms with Crippen molar-refractivity contribution in [2.75, 3.05) is 26.2 Å². The fourth-order valence-corrected chi connectivity index (χ4v) is 6.01. The average molecular weight is 619 g/mol. The van der Waals surface area contributed by atoms with Crippen LogP contribution < -0.4 is 9.47 Å². The van der Waals surface area contributed by atoms with Crippen molar-refractivity contribution < 1.29 is 23.9 Å². The minimum absolute atomic E-state index is 0.0632. The molecule has 0 N–H and O–H groups in total. The molecule has 2 aromatic carbocycles. The molecule has 236 valence electrons. The summed E-state index contributed by atoms with van der Waals surface area (Å²) in [6.07, 6.45) is 9.63. The number of amides is 2. The van der Waals surface area contributed by atoms with Crippen LogP contribution in [0.1, 0.15) is 81.5 Å². The molecule has 4 heterocycles. The van der Waals surface area contributed by atoms with Crippen LogP contribution >= 0.6 is 0 Å². The number of rotatable bonds is 8. The van der Waals surface area contributed by atoms with Crippen LogP contribution in [0.2, 0.25) is 0 Å². The SMILES string of the molecule is O=C(Oc1ncccc1Cc1ccc(C(=O)N2CCCCC2)cc1)Oc1ncccc1Cc1ccc(C(=O)N2CCCCC2)cc1. The predicted octanol–water partition coefficient (Wildman–Crippen LogP) is 6.49. The van der Waals surface area contributed by atoms with Gasteiger partial charge in [0.15, 0.2) is 0 Å². The molecule has 0 atom stereocenters. The van der Waals surface area contributed by atoms with Gasteiger partial charge in [-0.3, -0.25) is 9.59 Å². The molecular formula is C37H38N4O5. The van der Waals surface area contributed by atoms with Gasteiger partial charge in [0.1, 0.15) is 0 Å². The summed E-state index contributed by atoms with van der Waals surface area (Å²) >= 11 is 0.